The van der Waals surface area contributed by atoms with Gasteiger partial charge in [0.15, 0.2) is 0 Å². The number of alkyl halides is 3. The van der Waals surface area contributed by atoms with E-state index in [-0.39, 0.29) is 11.9 Å². The molecule has 0 amide bonds. The summed E-state index contributed by atoms with van der Waals surface area (Å²) in [5.41, 5.74) is -0.0551. The van der Waals surface area contributed by atoms with Gasteiger partial charge in [0.1, 0.15) is 24.1 Å². The molecule has 0 spiro atoms. The number of piperidine rings is 1. The minimum absolute atomic E-state index is 0.0968. The molecule has 0 atom stereocenters. The van der Waals surface area contributed by atoms with Crippen LogP contribution in [0.1, 0.15) is 24.2 Å². The second-order valence-electron chi connectivity index (χ2n) is 5.47. The van der Waals surface area contributed by atoms with Crippen molar-refractivity contribution in [1.29, 1.82) is 0 Å². The average Bonchev–Trinajstić information content (AvgIpc) is 3.02. The van der Waals surface area contributed by atoms with Crippen LogP contribution in [0.25, 0.3) is 0 Å². The van der Waals surface area contributed by atoms with Crippen molar-refractivity contribution in [1.82, 2.24) is 20.0 Å². The van der Waals surface area contributed by atoms with Crippen LogP contribution < -0.4 is 5.32 Å². The molecule has 1 saturated heterocycles. The third kappa shape index (κ3) is 4.19. The van der Waals surface area contributed by atoms with Gasteiger partial charge in [0.2, 0.25) is 0 Å². The summed E-state index contributed by atoms with van der Waals surface area (Å²) in [7, 11) is 0. The van der Waals surface area contributed by atoms with Crippen LogP contribution in [-0.4, -0.2) is 39.2 Å². The van der Waals surface area contributed by atoms with Crippen LogP contribution in [0, 0.1) is 0 Å². The van der Waals surface area contributed by atoms with Crippen LogP contribution in [0.3, 0.4) is 0 Å². The van der Waals surface area contributed by atoms with Crippen molar-refractivity contribution in [2.45, 2.75) is 31.6 Å². The van der Waals surface area contributed by atoms with Crippen molar-refractivity contribution in [2.24, 2.45) is 0 Å². The Morgan fingerprint density at radius 3 is 2.70 bits per heavy atom. The Morgan fingerprint density at radius 1 is 1.26 bits per heavy atom. The third-order valence-electron chi connectivity index (χ3n) is 3.77. The number of hydrogen-bond acceptors (Lipinski definition) is 6. The molecule has 0 unspecified atom stereocenters. The fourth-order valence-electron chi connectivity index (χ4n) is 2.58. The zero-order chi connectivity index (χ0) is 16.3. The summed E-state index contributed by atoms with van der Waals surface area (Å²) in [5.74, 6) is 0.210. The highest BCUT2D eigenvalue weighted by atomic mass is 19.4. The Morgan fingerprint density at radius 2 is 2.04 bits per heavy atom. The summed E-state index contributed by atoms with van der Waals surface area (Å²) in [6.45, 7) is 2.39. The fraction of sp³-hybridized carbons (Fsp3) is 0.500. The zero-order valence-corrected chi connectivity index (χ0v) is 12.3. The molecule has 1 aliphatic rings. The lowest BCUT2D eigenvalue weighted by molar-refractivity contribution is -0.141. The largest absolute Gasteiger partial charge is 0.433 e. The fourth-order valence-corrected chi connectivity index (χ4v) is 2.58. The Kier molecular flexibility index (Phi) is 4.46. The van der Waals surface area contributed by atoms with Crippen molar-refractivity contribution in [3.63, 3.8) is 0 Å². The second kappa shape index (κ2) is 6.53. The maximum absolute atomic E-state index is 12.6. The summed E-state index contributed by atoms with van der Waals surface area (Å²) < 4.78 is 42.7. The molecule has 0 aliphatic carbocycles. The van der Waals surface area contributed by atoms with Crippen LogP contribution in [0.2, 0.25) is 0 Å². The standard InChI is InChI=1S/C14H16F3N5O/c15-14(16,17)12-7-13(19-9-18-12)20-10-1-4-22(5-2-10)8-11-3-6-23-21-11/h3,6-7,9-10H,1-2,4-5,8H2,(H,18,19,20). The van der Waals surface area contributed by atoms with Crippen LogP contribution in [-0.2, 0) is 12.7 Å². The number of halogens is 3. The van der Waals surface area contributed by atoms with E-state index in [9.17, 15) is 13.2 Å². The lowest BCUT2D eigenvalue weighted by Crippen LogP contribution is -2.38. The van der Waals surface area contributed by atoms with Crippen LogP contribution in [0.15, 0.2) is 29.2 Å². The summed E-state index contributed by atoms with van der Waals surface area (Å²) in [4.78, 5) is 9.36. The number of anilines is 1. The smallest absolute Gasteiger partial charge is 0.367 e. The second-order valence-corrected chi connectivity index (χ2v) is 5.47. The average molecular weight is 327 g/mol. The molecule has 1 N–H and O–H groups in total. The Balaban J connectivity index is 1.52. The predicted molar refractivity (Wildman–Crippen MR) is 75.5 cm³/mol. The molecule has 2 aromatic rings. The summed E-state index contributed by atoms with van der Waals surface area (Å²) in [6, 6.07) is 2.87. The van der Waals surface area contributed by atoms with Gasteiger partial charge in [-0.3, -0.25) is 4.90 Å². The normalized spacial score (nSPS) is 17.3. The lowest BCUT2D eigenvalue weighted by atomic mass is 10.0. The van der Waals surface area contributed by atoms with E-state index in [4.69, 9.17) is 4.52 Å². The van der Waals surface area contributed by atoms with Gasteiger partial charge in [-0.15, -0.1) is 0 Å². The van der Waals surface area contributed by atoms with Gasteiger partial charge in [-0.25, -0.2) is 9.97 Å². The molecule has 1 aliphatic heterocycles. The van der Waals surface area contributed by atoms with Crippen molar-refractivity contribution in [3.8, 4) is 0 Å². The molecule has 2 aromatic heterocycles. The number of nitrogens with one attached hydrogen (secondary N) is 1. The maximum Gasteiger partial charge on any atom is 0.433 e. The van der Waals surface area contributed by atoms with Gasteiger partial charge < -0.3 is 9.84 Å². The quantitative estimate of drug-likeness (QED) is 0.931. The molecule has 23 heavy (non-hydrogen) atoms. The van der Waals surface area contributed by atoms with E-state index in [2.05, 4.69) is 25.3 Å². The topological polar surface area (TPSA) is 67.1 Å². The van der Waals surface area contributed by atoms with Crippen molar-refractivity contribution in [3.05, 3.63) is 36.1 Å². The first-order chi connectivity index (χ1) is 11.0. The minimum Gasteiger partial charge on any atom is -0.367 e. The van der Waals surface area contributed by atoms with E-state index in [1.807, 2.05) is 6.07 Å². The van der Waals surface area contributed by atoms with Crippen molar-refractivity contribution < 1.29 is 17.7 Å². The molecule has 0 bridgehead atoms. The van der Waals surface area contributed by atoms with Gasteiger partial charge in [-0.1, -0.05) is 5.16 Å². The van der Waals surface area contributed by atoms with Gasteiger partial charge in [0.25, 0.3) is 0 Å². The van der Waals surface area contributed by atoms with Gasteiger partial charge in [-0.05, 0) is 12.8 Å². The van der Waals surface area contributed by atoms with Crippen LogP contribution in [0.4, 0.5) is 19.0 Å². The van der Waals surface area contributed by atoms with Crippen molar-refractivity contribution in [2.75, 3.05) is 18.4 Å². The summed E-state index contributed by atoms with van der Waals surface area (Å²) in [6.07, 6.45) is -0.339. The molecule has 9 heteroatoms. The summed E-state index contributed by atoms with van der Waals surface area (Å²) >= 11 is 0. The number of likely N-dealkylation sites (tertiary alicyclic amines) is 1. The monoisotopic (exact) mass is 327 g/mol. The highest BCUT2D eigenvalue weighted by Crippen LogP contribution is 2.28. The van der Waals surface area contributed by atoms with Crippen LogP contribution in [0.5, 0.6) is 0 Å². The highest BCUT2D eigenvalue weighted by molar-refractivity contribution is 5.36. The number of rotatable bonds is 4. The van der Waals surface area contributed by atoms with Gasteiger partial charge in [0, 0.05) is 37.8 Å². The molecule has 6 nitrogen and oxygen atoms in total. The number of hydrogen-bond donors (Lipinski definition) is 1. The molecular weight excluding hydrogens is 311 g/mol. The predicted octanol–water partition coefficient (Wildman–Crippen LogP) is 2.56. The van der Waals surface area contributed by atoms with Crippen molar-refractivity contribution >= 4 is 5.82 Å². The maximum atomic E-state index is 12.6. The summed E-state index contributed by atoms with van der Waals surface area (Å²) in [5, 5.41) is 6.93. The Bertz CT molecular complexity index is 624. The molecule has 3 rings (SSSR count). The molecule has 0 radical (unpaired) electrons. The first kappa shape index (κ1) is 15.7. The molecule has 0 saturated carbocycles. The van der Waals surface area contributed by atoms with E-state index >= 15 is 0 Å². The van der Waals surface area contributed by atoms with Gasteiger partial charge in [0.05, 0.1) is 5.69 Å². The SMILES string of the molecule is FC(F)(F)c1cc(NC2CCN(Cc3ccon3)CC2)ncn1. The van der Waals surface area contributed by atoms with E-state index in [1.54, 1.807) is 0 Å². The van der Waals surface area contributed by atoms with E-state index in [1.165, 1.54) is 6.26 Å². The lowest BCUT2D eigenvalue weighted by Gasteiger charge is -2.32. The Hall–Kier alpha value is -2.16. The molecule has 1 fully saturated rings. The first-order valence-corrected chi connectivity index (χ1v) is 7.28. The molecule has 3 heterocycles. The zero-order valence-electron chi connectivity index (χ0n) is 12.3. The van der Waals surface area contributed by atoms with Crippen LogP contribution >= 0.6 is 0 Å². The number of nitrogens with zero attached hydrogens (tertiary/aromatic N) is 4. The van der Waals surface area contributed by atoms with Gasteiger partial charge >= 0.3 is 6.18 Å². The molecule has 124 valence electrons. The molecular formula is C14H16F3N5O. The first-order valence-electron chi connectivity index (χ1n) is 7.28. The number of aromatic nitrogens is 3. The minimum atomic E-state index is -4.46. The van der Waals surface area contributed by atoms with E-state index in [0.717, 1.165) is 50.6 Å². The highest BCUT2D eigenvalue weighted by Gasteiger charge is 2.33. The Labute approximate surface area is 130 Å². The van der Waals surface area contributed by atoms with E-state index in [0.29, 0.717) is 0 Å². The van der Waals surface area contributed by atoms with Gasteiger partial charge in [-0.2, -0.15) is 13.2 Å². The molecule has 0 aromatic carbocycles. The third-order valence-corrected chi connectivity index (χ3v) is 3.77. The van der Waals surface area contributed by atoms with E-state index < -0.39 is 11.9 Å².